The Morgan fingerprint density at radius 1 is 1.11 bits per heavy atom. The number of hydrogen-bond donors (Lipinski definition) is 2. The van der Waals surface area contributed by atoms with Crippen molar-refractivity contribution >= 4 is 29.2 Å². The Hall–Kier alpha value is -2.81. The molecule has 2 aromatic rings. The zero-order valence-electron chi connectivity index (χ0n) is 14.4. The van der Waals surface area contributed by atoms with Crippen molar-refractivity contribution in [2.45, 2.75) is 18.8 Å². The molecular weight excluding hydrogens is 404 g/mol. The molecule has 0 spiro atoms. The zero-order valence-corrected chi connectivity index (χ0v) is 15.2. The number of halogens is 5. The molecule has 0 fully saturated rings. The predicted molar refractivity (Wildman–Crippen MR) is 94.4 cm³/mol. The van der Waals surface area contributed by atoms with E-state index >= 15 is 0 Å². The molecule has 2 N–H and O–H groups in total. The van der Waals surface area contributed by atoms with Gasteiger partial charge in [0, 0.05) is 10.6 Å². The van der Waals surface area contributed by atoms with Crippen LogP contribution in [0.25, 0.3) is 0 Å². The fourth-order valence-electron chi connectivity index (χ4n) is 2.27. The molecule has 1 unspecified atom stereocenters. The first kappa shape index (κ1) is 21.5. The van der Waals surface area contributed by atoms with Crippen LogP contribution in [0.3, 0.4) is 0 Å². The quantitative estimate of drug-likeness (QED) is 0.420. The molecule has 28 heavy (non-hydrogen) atoms. The van der Waals surface area contributed by atoms with Crippen molar-refractivity contribution in [3.8, 4) is 0 Å². The average molecular weight is 419 g/mol. The number of carbonyl (C=O) groups excluding carboxylic acids is 2. The van der Waals surface area contributed by atoms with E-state index in [2.05, 4.69) is 4.74 Å². The summed E-state index contributed by atoms with van der Waals surface area (Å²) in [6, 6.07) is 9.48. The molecule has 0 radical (unpaired) electrons. The summed E-state index contributed by atoms with van der Waals surface area (Å²) in [6.07, 6.45) is -5.38. The minimum Gasteiger partial charge on any atom is -0.463 e. The lowest BCUT2D eigenvalue weighted by atomic mass is 10.1. The number of benzene rings is 2. The topological polar surface area (TPSA) is 67.4 Å². The molecule has 150 valence electrons. The summed E-state index contributed by atoms with van der Waals surface area (Å²) < 4.78 is 60.5. The highest BCUT2D eigenvalue weighted by atomic mass is 35.5. The second-order valence-electron chi connectivity index (χ2n) is 5.54. The van der Waals surface area contributed by atoms with Gasteiger partial charge in [-0.05, 0) is 37.3 Å². The summed E-state index contributed by atoms with van der Waals surface area (Å²) >= 11 is 5.75. The second kappa shape index (κ2) is 8.47. The first-order chi connectivity index (χ1) is 13.1. The first-order valence-corrected chi connectivity index (χ1v) is 8.33. The van der Waals surface area contributed by atoms with Crippen LogP contribution in [0.5, 0.6) is 0 Å². The Kier molecular flexibility index (Phi) is 6.50. The summed E-state index contributed by atoms with van der Waals surface area (Å²) in [7, 11) is 0. The van der Waals surface area contributed by atoms with Crippen molar-refractivity contribution in [2.75, 3.05) is 11.9 Å². The van der Waals surface area contributed by atoms with Gasteiger partial charge in [0.25, 0.3) is 5.91 Å². The van der Waals surface area contributed by atoms with E-state index in [4.69, 9.17) is 11.6 Å². The van der Waals surface area contributed by atoms with Gasteiger partial charge in [0.05, 0.1) is 12.3 Å². The molecule has 0 aromatic heterocycles. The van der Waals surface area contributed by atoms with Gasteiger partial charge in [-0.2, -0.15) is 13.2 Å². The Labute approximate surface area is 162 Å². The van der Waals surface area contributed by atoms with Gasteiger partial charge in [0.2, 0.25) is 0 Å². The van der Waals surface area contributed by atoms with Gasteiger partial charge < -0.3 is 15.4 Å². The normalized spacial score (nSPS) is 13.4. The number of anilines is 1. The van der Waals surface area contributed by atoms with Crippen molar-refractivity contribution in [1.29, 1.82) is 0 Å². The lowest BCUT2D eigenvalue weighted by molar-refractivity contribution is -0.204. The van der Waals surface area contributed by atoms with Gasteiger partial charge in [0.1, 0.15) is 5.82 Å². The number of nitrogens with one attached hydrogen (secondary N) is 2. The third-order valence-electron chi connectivity index (χ3n) is 3.59. The molecule has 0 bridgehead atoms. The molecule has 0 aliphatic carbocycles. The van der Waals surface area contributed by atoms with Gasteiger partial charge in [-0.15, -0.1) is 0 Å². The standard InChI is InChI=1S/C18H15ClF4N2O3/c1-2-28-16(27)17(18(21,22)23,24-14-9-4-3-8-13(14)20)25-15(26)11-6-5-7-12(19)10-11/h3-10,24H,2H2,1H3,(H,25,26). The van der Waals surface area contributed by atoms with Crippen molar-refractivity contribution < 1.29 is 31.9 Å². The molecule has 10 heteroatoms. The maximum Gasteiger partial charge on any atom is 0.441 e. The molecular formula is C18H15ClF4N2O3. The molecule has 0 aliphatic heterocycles. The van der Waals surface area contributed by atoms with Crippen LogP contribution in [0.4, 0.5) is 23.2 Å². The molecule has 1 atom stereocenters. The summed E-state index contributed by atoms with van der Waals surface area (Å²) in [6.45, 7) is 0.892. The van der Waals surface area contributed by atoms with Crippen LogP contribution in [-0.4, -0.2) is 30.3 Å². The van der Waals surface area contributed by atoms with E-state index < -0.39 is 41.8 Å². The Morgan fingerprint density at radius 2 is 1.79 bits per heavy atom. The average Bonchev–Trinajstić information content (AvgIpc) is 2.62. The number of amides is 1. The van der Waals surface area contributed by atoms with Crippen molar-refractivity contribution in [3.05, 3.63) is 64.9 Å². The van der Waals surface area contributed by atoms with Crippen molar-refractivity contribution in [3.63, 3.8) is 0 Å². The number of esters is 1. The second-order valence-corrected chi connectivity index (χ2v) is 5.97. The van der Waals surface area contributed by atoms with Gasteiger partial charge in [0.15, 0.2) is 0 Å². The maximum absolute atomic E-state index is 14.0. The lowest BCUT2D eigenvalue weighted by Gasteiger charge is -2.35. The summed E-state index contributed by atoms with van der Waals surface area (Å²) in [5, 5.41) is 3.46. The molecule has 1 amide bonds. The van der Waals surface area contributed by atoms with Crippen LogP contribution in [-0.2, 0) is 9.53 Å². The third-order valence-corrected chi connectivity index (χ3v) is 3.83. The molecule has 2 rings (SSSR count). The largest absolute Gasteiger partial charge is 0.463 e. The number of para-hydroxylation sites is 1. The minimum atomic E-state index is -5.38. The van der Waals surface area contributed by atoms with Crippen LogP contribution in [0.1, 0.15) is 17.3 Å². The number of carbonyl (C=O) groups is 2. The van der Waals surface area contributed by atoms with Crippen LogP contribution in [0.2, 0.25) is 5.02 Å². The summed E-state index contributed by atoms with van der Waals surface area (Å²) in [5.41, 5.74) is -4.62. The number of rotatable bonds is 6. The SMILES string of the molecule is CCOC(=O)C(NC(=O)c1cccc(Cl)c1)(Nc1ccccc1F)C(F)(F)F. The van der Waals surface area contributed by atoms with Crippen LogP contribution in [0, 0.1) is 5.82 Å². The lowest BCUT2D eigenvalue weighted by Crippen LogP contribution is -2.69. The highest BCUT2D eigenvalue weighted by Gasteiger charge is 2.64. The molecule has 0 saturated carbocycles. The maximum atomic E-state index is 14.0. The van der Waals surface area contributed by atoms with Crippen LogP contribution >= 0.6 is 11.6 Å². The predicted octanol–water partition coefficient (Wildman–Crippen LogP) is 4.14. The van der Waals surface area contributed by atoms with Crippen molar-refractivity contribution in [2.24, 2.45) is 0 Å². The Bertz CT molecular complexity index is 876. The highest BCUT2D eigenvalue weighted by Crippen LogP contribution is 2.34. The van der Waals surface area contributed by atoms with Gasteiger partial charge in [-0.3, -0.25) is 4.79 Å². The summed E-state index contributed by atoms with van der Waals surface area (Å²) in [4.78, 5) is 24.7. The minimum absolute atomic E-state index is 0.100. The van der Waals surface area contributed by atoms with Crippen LogP contribution < -0.4 is 10.6 Å². The zero-order chi connectivity index (χ0) is 20.9. The van der Waals surface area contributed by atoms with E-state index in [1.807, 2.05) is 0 Å². The van der Waals surface area contributed by atoms with Gasteiger partial charge >= 0.3 is 17.8 Å². The van der Waals surface area contributed by atoms with E-state index in [9.17, 15) is 27.2 Å². The number of hydrogen-bond acceptors (Lipinski definition) is 4. The number of alkyl halides is 3. The Balaban J connectivity index is 2.54. The van der Waals surface area contributed by atoms with E-state index in [0.717, 1.165) is 18.2 Å². The highest BCUT2D eigenvalue weighted by molar-refractivity contribution is 6.31. The molecule has 0 saturated heterocycles. The Morgan fingerprint density at radius 3 is 2.36 bits per heavy atom. The molecule has 5 nitrogen and oxygen atoms in total. The van der Waals surface area contributed by atoms with E-state index in [1.165, 1.54) is 37.3 Å². The molecule has 0 aliphatic rings. The van der Waals surface area contributed by atoms with Gasteiger partial charge in [-0.1, -0.05) is 29.8 Å². The molecule has 0 heterocycles. The van der Waals surface area contributed by atoms with Crippen molar-refractivity contribution in [1.82, 2.24) is 5.32 Å². The monoisotopic (exact) mass is 418 g/mol. The fourth-order valence-corrected chi connectivity index (χ4v) is 2.46. The first-order valence-electron chi connectivity index (χ1n) is 7.95. The summed E-state index contributed by atoms with van der Waals surface area (Å²) in [5.74, 6) is -4.17. The molecule has 2 aromatic carbocycles. The third kappa shape index (κ3) is 4.53. The van der Waals surface area contributed by atoms with Gasteiger partial charge in [-0.25, -0.2) is 9.18 Å². The fraction of sp³-hybridized carbons (Fsp3) is 0.222. The van der Waals surface area contributed by atoms with E-state index in [0.29, 0.717) is 0 Å². The smallest absolute Gasteiger partial charge is 0.441 e. The van der Waals surface area contributed by atoms with E-state index in [1.54, 1.807) is 10.6 Å². The van der Waals surface area contributed by atoms with Crippen LogP contribution in [0.15, 0.2) is 48.5 Å². The van der Waals surface area contributed by atoms with E-state index in [-0.39, 0.29) is 10.6 Å². The number of ether oxygens (including phenoxy) is 1.